The molecule has 2 nitrogen and oxygen atoms in total. The number of hydrogen-bond acceptors (Lipinski definition) is 3. The summed E-state index contributed by atoms with van der Waals surface area (Å²) in [5.74, 6) is 0. The second-order valence-corrected chi connectivity index (χ2v) is 5.55. The van der Waals surface area contributed by atoms with Crippen LogP contribution in [0, 0.1) is 0 Å². The van der Waals surface area contributed by atoms with Crippen molar-refractivity contribution in [2.24, 2.45) is 0 Å². The second kappa shape index (κ2) is 5.46. The first-order valence-electron chi connectivity index (χ1n) is 5.99. The fourth-order valence-corrected chi connectivity index (χ4v) is 2.69. The summed E-state index contributed by atoms with van der Waals surface area (Å²) in [5.41, 5.74) is 0.254. The number of aromatic nitrogens is 1. The number of para-hydroxylation sites is 1. The Balaban J connectivity index is 2.09. The molecule has 0 spiro atoms. The fourth-order valence-electron chi connectivity index (χ4n) is 1.79. The summed E-state index contributed by atoms with van der Waals surface area (Å²) in [4.78, 5) is 4.51. The van der Waals surface area contributed by atoms with Crippen molar-refractivity contribution in [2.75, 3.05) is 0 Å². The van der Waals surface area contributed by atoms with Crippen LogP contribution in [0.5, 0.6) is 0 Å². The van der Waals surface area contributed by atoms with Gasteiger partial charge in [-0.2, -0.15) is 0 Å². The van der Waals surface area contributed by atoms with Crippen molar-refractivity contribution in [1.82, 2.24) is 4.98 Å². The molecular weight excluding hydrogens is 242 g/mol. The highest BCUT2D eigenvalue weighted by Gasteiger charge is 2.12. The average Bonchev–Trinajstić information content (AvgIpc) is 2.71. The maximum absolute atomic E-state index is 9.98. The largest absolute Gasteiger partial charge is 0.386 e. The van der Waals surface area contributed by atoms with Crippen LogP contribution in [-0.2, 0) is 0 Å². The van der Waals surface area contributed by atoms with Crippen LogP contribution in [0.15, 0.2) is 42.5 Å². The van der Waals surface area contributed by atoms with Gasteiger partial charge < -0.3 is 5.11 Å². The minimum absolute atomic E-state index is 0.591. The van der Waals surface area contributed by atoms with Gasteiger partial charge in [-0.05, 0) is 38.5 Å². The predicted octanol–water partition coefficient (Wildman–Crippen LogP) is 4.03. The molecule has 0 fully saturated rings. The Kier molecular flexibility index (Phi) is 3.94. The van der Waals surface area contributed by atoms with E-state index in [0.717, 1.165) is 10.5 Å². The van der Waals surface area contributed by atoms with Crippen molar-refractivity contribution in [2.45, 2.75) is 25.9 Å². The molecule has 0 aliphatic heterocycles. The minimum atomic E-state index is -0.776. The van der Waals surface area contributed by atoms with Gasteiger partial charge in [-0.25, -0.2) is 4.98 Å². The molecule has 2 aromatic rings. The van der Waals surface area contributed by atoms with Crippen molar-refractivity contribution in [3.63, 3.8) is 0 Å². The summed E-state index contributed by atoms with van der Waals surface area (Å²) < 4.78 is 1.19. The number of allylic oxidation sites excluding steroid dienone is 1. The number of nitrogens with zero attached hydrogens (tertiary/aromatic N) is 1. The predicted molar refractivity (Wildman–Crippen MR) is 78.7 cm³/mol. The molecule has 1 unspecified atom stereocenters. The van der Waals surface area contributed by atoms with Crippen molar-refractivity contribution >= 4 is 27.6 Å². The Morgan fingerprint density at radius 2 is 2.17 bits per heavy atom. The summed E-state index contributed by atoms with van der Waals surface area (Å²) >= 11 is 1.66. The van der Waals surface area contributed by atoms with Gasteiger partial charge in [0.15, 0.2) is 0 Å². The number of benzene rings is 1. The van der Waals surface area contributed by atoms with E-state index in [1.165, 1.54) is 4.70 Å². The summed E-state index contributed by atoms with van der Waals surface area (Å²) in [6.45, 7) is 3.71. The zero-order chi connectivity index (χ0) is 13.0. The maximum atomic E-state index is 9.98. The van der Waals surface area contributed by atoms with E-state index in [0.29, 0.717) is 6.42 Å². The molecule has 94 valence electrons. The Morgan fingerprint density at radius 1 is 1.39 bits per heavy atom. The van der Waals surface area contributed by atoms with Crippen LogP contribution in [0.1, 0.15) is 25.3 Å². The van der Waals surface area contributed by atoms with Gasteiger partial charge in [0.1, 0.15) is 5.01 Å². The molecule has 3 heteroatoms. The molecule has 1 aromatic carbocycles. The van der Waals surface area contributed by atoms with Crippen molar-refractivity contribution in [1.29, 1.82) is 0 Å². The van der Waals surface area contributed by atoms with Gasteiger partial charge in [0.25, 0.3) is 0 Å². The minimum Gasteiger partial charge on any atom is -0.386 e. The third-order valence-corrected chi connectivity index (χ3v) is 3.63. The zero-order valence-corrected chi connectivity index (χ0v) is 11.4. The monoisotopic (exact) mass is 259 g/mol. The lowest BCUT2D eigenvalue weighted by atomic mass is 10.0. The Labute approximate surface area is 111 Å². The third-order valence-electron chi connectivity index (χ3n) is 2.63. The number of hydrogen-bond donors (Lipinski definition) is 1. The van der Waals surface area contributed by atoms with Crippen LogP contribution in [0.4, 0.5) is 0 Å². The molecule has 1 N–H and O–H groups in total. The average molecular weight is 259 g/mol. The lowest BCUT2D eigenvalue weighted by molar-refractivity contribution is 0.115. The molecule has 18 heavy (non-hydrogen) atoms. The van der Waals surface area contributed by atoms with Crippen LogP contribution in [0.3, 0.4) is 0 Å². The van der Waals surface area contributed by atoms with Crippen LogP contribution >= 0.6 is 11.3 Å². The highest BCUT2D eigenvalue weighted by molar-refractivity contribution is 7.19. The first-order valence-corrected chi connectivity index (χ1v) is 6.81. The van der Waals surface area contributed by atoms with E-state index < -0.39 is 5.60 Å². The maximum Gasteiger partial charge on any atom is 0.117 e. The lowest BCUT2D eigenvalue weighted by Crippen LogP contribution is -2.18. The van der Waals surface area contributed by atoms with Crippen LogP contribution < -0.4 is 0 Å². The molecular formula is C15H17NOS. The Morgan fingerprint density at radius 3 is 2.89 bits per heavy atom. The number of fused-ring (bicyclic) bond motifs is 1. The van der Waals surface area contributed by atoms with Crippen LogP contribution in [-0.4, -0.2) is 15.7 Å². The second-order valence-electron chi connectivity index (χ2n) is 4.48. The third kappa shape index (κ3) is 3.28. The molecule has 0 radical (unpaired) electrons. The van der Waals surface area contributed by atoms with E-state index in [2.05, 4.69) is 11.1 Å². The molecule has 1 atom stereocenters. The van der Waals surface area contributed by atoms with Crippen molar-refractivity contribution < 1.29 is 5.11 Å². The molecule has 0 amide bonds. The molecule has 0 aliphatic rings. The SMILES string of the molecule is C/C=C\C(C)(O)C/C=C/c1nc2ccccc2s1. The zero-order valence-electron chi connectivity index (χ0n) is 10.6. The van der Waals surface area contributed by atoms with Gasteiger partial charge in [-0.15, -0.1) is 11.3 Å². The summed E-state index contributed by atoms with van der Waals surface area (Å²) in [7, 11) is 0. The van der Waals surface area contributed by atoms with E-state index in [1.807, 2.05) is 43.4 Å². The molecule has 1 aromatic heterocycles. The normalized spacial score (nSPS) is 15.7. The molecule has 0 bridgehead atoms. The van der Waals surface area contributed by atoms with E-state index in [4.69, 9.17) is 0 Å². The van der Waals surface area contributed by atoms with Crippen LogP contribution in [0.25, 0.3) is 16.3 Å². The summed E-state index contributed by atoms with van der Waals surface area (Å²) in [6, 6.07) is 8.09. The Hall–Kier alpha value is -1.45. The molecule has 1 heterocycles. The van der Waals surface area contributed by atoms with Crippen molar-refractivity contribution in [3.05, 3.63) is 47.5 Å². The van der Waals surface area contributed by atoms with E-state index in [1.54, 1.807) is 24.3 Å². The lowest BCUT2D eigenvalue weighted by Gasteiger charge is -2.15. The number of rotatable bonds is 4. The summed E-state index contributed by atoms with van der Waals surface area (Å²) in [5, 5.41) is 11.0. The molecule has 0 aliphatic carbocycles. The summed E-state index contributed by atoms with van der Waals surface area (Å²) in [6.07, 6.45) is 8.20. The Bertz CT molecular complexity index is 548. The molecule has 0 saturated heterocycles. The van der Waals surface area contributed by atoms with Crippen LogP contribution in [0.2, 0.25) is 0 Å². The standard InChI is InChI=1S/C15H17NOS/c1-3-10-15(2,17)11-6-9-14-16-12-7-4-5-8-13(12)18-14/h3-10,17H,11H2,1-2H3/b9-6+,10-3-. The van der Waals surface area contributed by atoms with Gasteiger partial charge in [0, 0.05) is 0 Å². The van der Waals surface area contributed by atoms with Gasteiger partial charge in [-0.1, -0.05) is 30.4 Å². The van der Waals surface area contributed by atoms with E-state index in [-0.39, 0.29) is 0 Å². The molecule has 0 saturated carbocycles. The smallest absolute Gasteiger partial charge is 0.117 e. The van der Waals surface area contributed by atoms with Gasteiger partial charge in [0.05, 0.1) is 15.8 Å². The topological polar surface area (TPSA) is 33.1 Å². The van der Waals surface area contributed by atoms with Gasteiger partial charge in [-0.3, -0.25) is 0 Å². The van der Waals surface area contributed by atoms with Gasteiger partial charge >= 0.3 is 0 Å². The first kappa shape index (κ1) is 13.0. The molecule has 2 rings (SSSR count). The van der Waals surface area contributed by atoms with Gasteiger partial charge in [0.2, 0.25) is 0 Å². The number of aliphatic hydroxyl groups is 1. The van der Waals surface area contributed by atoms with E-state index >= 15 is 0 Å². The quantitative estimate of drug-likeness (QED) is 0.841. The van der Waals surface area contributed by atoms with Crippen molar-refractivity contribution in [3.8, 4) is 0 Å². The van der Waals surface area contributed by atoms with E-state index in [9.17, 15) is 5.11 Å². The highest BCUT2D eigenvalue weighted by atomic mass is 32.1. The number of thiazole rings is 1. The fraction of sp³-hybridized carbons (Fsp3) is 0.267. The highest BCUT2D eigenvalue weighted by Crippen LogP contribution is 2.23. The first-order chi connectivity index (χ1) is 8.61.